The third-order valence-corrected chi connectivity index (χ3v) is 3.53. The quantitative estimate of drug-likeness (QED) is 0.783. The molecule has 0 radical (unpaired) electrons. The Balaban J connectivity index is 2.28. The van der Waals surface area contributed by atoms with Gasteiger partial charge in [-0.25, -0.2) is 0 Å². The number of ether oxygens (including phenoxy) is 2. The first-order chi connectivity index (χ1) is 9.15. The second-order valence-electron chi connectivity index (χ2n) is 4.76. The molecule has 1 saturated carbocycles. The molecular formula is C15H18O4. The number of ketones is 2. The average Bonchev–Trinajstić information content (AvgIpc) is 2.45. The van der Waals surface area contributed by atoms with Crippen molar-refractivity contribution in [1.82, 2.24) is 0 Å². The van der Waals surface area contributed by atoms with E-state index >= 15 is 0 Å². The Hall–Kier alpha value is -1.84. The van der Waals surface area contributed by atoms with Crippen molar-refractivity contribution in [3.05, 3.63) is 23.8 Å². The van der Waals surface area contributed by atoms with Crippen LogP contribution in [0.25, 0.3) is 0 Å². The highest BCUT2D eigenvalue weighted by Gasteiger charge is 2.28. The molecule has 1 aliphatic carbocycles. The predicted octanol–water partition coefficient (Wildman–Crippen LogP) is 2.65. The maximum Gasteiger partial charge on any atom is 0.170 e. The van der Waals surface area contributed by atoms with Gasteiger partial charge in [-0.2, -0.15) is 0 Å². The summed E-state index contributed by atoms with van der Waals surface area (Å²) >= 11 is 0. The van der Waals surface area contributed by atoms with Gasteiger partial charge in [0.25, 0.3) is 0 Å². The Morgan fingerprint density at radius 3 is 2.68 bits per heavy atom. The summed E-state index contributed by atoms with van der Waals surface area (Å²) in [5.74, 6) is 1.08. The van der Waals surface area contributed by atoms with Gasteiger partial charge in [-0.15, -0.1) is 0 Å². The van der Waals surface area contributed by atoms with Crippen LogP contribution in [0.5, 0.6) is 11.5 Å². The lowest BCUT2D eigenvalue weighted by atomic mass is 9.83. The molecule has 102 valence electrons. The average molecular weight is 262 g/mol. The molecule has 1 aliphatic rings. The van der Waals surface area contributed by atoms with Crippen LogP contribution >= 0.6 is 0 Å². The molecule has 0 heterocycles. The summed E-state index contributed by atoms with van der Waals surface area (Å²) in [7, 11) is 3.09. The van der Waals surface area contributed by atoms with Crippen molar-refractivity contribution in [3.63, 3.8) is 0 Å². The van der Waals surface area contributed by atoms with E-state index in [1.54, 1.807) is 25.3 Å². The molecule has 0 bridgehead atoms. The van der Waals surface area contributed by atoms with Crippen LogP contribution in [0.2, 0.25) is 0 Å². The smallest absolute Gasteiger partial charge is 0.170 e. The van der Waals surface area contributed by atoms with Crippen LogP contribution in [-0.2, 0) is 4.79 Å². The van der Waals surface area contributed by atoms with Gasteiger partial charge in [-0.3, -0.25) is 9.59 Å². The number of methoxy groups -OCH3 is 2. The molecule has 0 N–H and O–H groups in total. The van der Waals surface area contributed by atoms with Crippen molar-refractivity contribution < 1.29 is 19.1 Å². The third-order valence-electron chi connectivity index (χ3n) is 3.53. The van der Waals surface area contributed by atoms with E-state index in [0.29, 0.717) is 29.9 Å². The van der Waals surface area contributed by atoms with Crippen LogP contribution in [0.3, 0.4) is 0 Å². The molecule has 4 nitrogen and oxygen atoms in total. The number of hydrogen-bond donors (Lipinski definition) is 0. The number of benzene rings is 1. The van der Waals surface area contributed by atoms with Gasteiger partial charge >= 0.3 is 0 Å². The predicted molar refractivity (Wildman–Crippen MR) is 70.8 cm³/mol. The van der Waals surface area contributed by atoms with Crippen molar-refractivity contribution in [1.29, 1.82) is 0 Å². The Morgan fingerprint density at radius 2 is 2.05 bits per heavy atom. The lowest BCUT2D eigenvalue weighted by molar-refractivity contribution is -0.121. The molecule has 0 amide bonds. The minimum Gasteiger partial charge on any atom is -0.497 e. The third kappa shape index (κ3) is 2.95. The largest absolute Gasteiger partial charge is 0.497 e. The van der Waals surface area contributed by atoms with Gasteiger partial charge in [0.2, 0.25) is 0 Å². The van der Waals surface area contributed by atoms with Crippen molar-refractivity contribution in [2.24, 2.45) is 5.92 Å². The van der Waals surface area contributed by atoms with Crippen molar-refractivity contribution in [2.45, 2.75) is 25.7 Å². The van der Waals surface area contributed by atoms with Crippen molar-refractivity contribution >= 4 is 11.6 Å². The number of carbonyl (C=O) groups is 2. The number of hydrogen-bond acceptors (Lipinski definition) is 4. The molecule has 0 spiro atoms. The van der Waals surface area contributed by atoms with Crippen molar-refractivity contribution in [2.75, 3.05) is 14.2 Å². The van der Waals surface area contributed by atoms with Crippen LogP contribution in [0.1, 0.15) is 36.0 Å². The highest BCUT2D eigenvalue weighted by atomic mass is 16.5. The fourth-order valence-electron chi connectivity index (χ4n) is 2.47. The van der Waals surface area contributed by atoms with E-state index in [2.05, 4.69) is 0 Å². The lowest BCUT2D eigenvalue weighted by Gasteiger charge is -2.20. The molecule has 1 aromatic carbocycles. The van der Waals surface area contributed by atoms with E-state index in [4.69, 9.17) is 9.47 Å². The van der Waals surface area contributed by atoms with Crippen LogP contribution < -0.4 is 9.47 Å². The summed E-state index contributed by atoms with van der Waals surface area (Å²) < 4.78 is 10.4. The van der Waals surface area contributed by atoms with E-state index in [1.165, 1.54) is 7.11 Å². The summed E-state index contributed by atoms with van der Waals surface area (Å²) in [5, 5.41) is 0. The molecule has 4 heteroatoms. The Labute approximate surface area is 112 Å². The molecule has 1 aromatic rings. The molecule has 2 rings (SSSR count). The first kappa shape index (κ1) is 13.6. The number of Topliss-reactive ketones (excluding diaryl/α,β-unsaturated/α-hetero) is 2. The molecule has 1 unspecified atom stereocenters. The van der Waals surface area contributed by atoms with E-state index < -0.39 is 0 Å². The van der Waals surface area contributed by atoms with Gasteiger partial charge in [-0.1, -0.05) is 0 Å². The minimum absolute atomic E-state index is 0.0243. The van der Waals surface area contributed by atoms with Gasteiger partial charge in [0.15, 0.2) is 5.78 Å². The van der Waals surface area contributed by atoms with E-state index in [0.717, 1.165) is 12.8 Å². The fourth-order valence-corrected chi connectivity index (χ4v) is 2.47. The molecule has 0 saturated heterocycles. The molecule has 1 atom stereocenters. The van der Waals surface area contributed by atoms with Crippen molar-refractivity contribution in [3.8, 4) is 11.5 Å². The van der Waals surface area contributed by atoms with E-state index in [9.17, 15) is 9.59 Å². The highest BCUT2D eigenvalue weighted by Crippen LogP contribution is 2.31. The second kappa shape index (κ2) is 5.87. The molecular weight excluding hydrogens is 244 g/mol. The van der Waals surface area contributed by atoms with Crippen LogP contribution in [-0.4, -0.2) is 25.8 Å². The maximum atomic E-state index is 12.5. The topological polar surface area (TPSA) is 52.6 Å². The first-order valence-electron chi connectivity index (χ1n) is 6.43. The van der Waals surface area contributed by atoms with Gasteiger partial charge in [0.1, 0.15) is 17.3 Å². The Kier molecular flexibility index (Phi) is 4.20. The summed E-state index contributed by atoms with van der Waals surface area (Å²) in [6.45, 7) is 0. The first-order valence-corrected chi connectivity index (χ1v) is 6.43. The summed E-state index contributed by atoms with van der Waals surface area (Å²) in [6.07, 6.45) is 2.50. The van der Waals surface area contributed by atoms with Gasteiger partial charge in [-0.05, 0) is 31.0 Å². The van der Waals surface area contributed by atoms with Gasteiger partial charge in [0, 0.05) is 18.8 Å². The Morgan fingerprint density at radius 1 is 1.26 bits per heavy atom. The minimum atomic E-state index is -0.220. The zero-order chi connectivity index (χ0) is 13.8. The van der Waals surface area contributed by atoms with E-state index in [-0.39, 0.29) is 17.5 Å². The van der Waals surface area contributed by atoms with Crippen LogP contribution in [0.15, 0.2) is 18.2 Å². The SMILES string of the molecule is COc1ccc(OC)c(C(=O)C2CCCC(=O)C2)c1. The maximum absolute atomic E-state index is 12.5. The van der Waals surface area contributed by atoms with Crippen LogP contribution in [0, 0.1) is 5.92 Å². The molecule has 1 fully saturated rings. The van der Waals surface area contributed by atoms with Gasteiger partial charge < -0.3 is 9.47 Å². The normalized spacial score (nSPS) is 19.1. The fraction of sp³-hybridized carbons (Fsp3) is 0.467. The molecule has 0 aromatic heterocycles. The highest BCUT2D eigenvalue weighted by molar-refractivity contribution is 6.02. The molecule has 0 aliphatic heterocycles. The zero-order valence-electron chi connectivity index (χ0n) is 11.3. The summed E-state index contributed by atoms with van der Waals surface area (Å²) in [4.78, 5) is 24.0. The van der Waals surface area contributed by atoms with Crippen LogP contribution in [0.4, 0.5) is 0 Å². The Bertz CT molecular complexity index is 493. The summed E-state index contributed by atoms with van der Waals surface area (Å²) in [5.41, 5.74) is 0.501. The monoisotopic (exact) mass is 262 g/mol. The zero-order valence-corrected chi connectivity index (χ0v) is 11.3. The second-order valence-corrected chi connectivity index (χ2v) is 4.76. The standard InChI is InChI=1S/C15H18O4/c1-18-12-6-7-14(19-2)13(9-12)15(17)10-4-3-5-11(16)8-10/h6-7,9-10H,3-5,8H2,1-2H3. The number of carbonyl (C=O) groups excluding carboxylic acids is 2. The lowest BCUT2D eigenvalue weighted by Crippen LogP contribution is -2.23. The molecule has 19 heavy (non-hydrogen) atoms. The number of rotatable bonds is 4. The van der Waals surface area contributed by atoms with E-state index in [1.807, 2.05) is 0 Å². The summed E-state index contributed by atoms with van der Waals surface area (Å²) in [6, 6.07) is 5.15. The van der Waals surface area contributed by atoms with Gasteiger partial charge in [0.05, 0.1) is 19.8 Å².